The summed E-state index contributed by atoms with van der Waals surface area (Å²) in [5, 5.41) is 0. The van der Waals surface area contributed by atoms with Gasteiger partial charge >= 0.3 is 0 Å². The molecule has 0 aliphatic carbocycles. The van der Waals surface area contributed by atoms with Crippen molar-refractivity contribution in [3.8, 4) is 5.69 Å². The van der Waals surface area contributed by atoms with E-state index in [4.69, 9.17) is 0 Å². The number of aromatic nitrogens is 2. The molecule has 3 nitrogen and oxygen atoms in total. The number of Topliss-reactive ketones (excluding diaryl/α,β-unsaturated/α-hetero) is 1. The van der Waals surface area contributed by atoms with Crippen LogP contribution in [0.3, 0.4) is 0 Å². The minimum absolute atomic E-state index is 0.100. The normalized spacial score (nSPS) is 10.3. The molecule has 15 heavy (non-hydrogen) atoms. The maximum absolute atomic E-state index is 13.0. The Hall–Kier alpha value is -1.97. The molecule has 0 N–H and O–H groups in total. The largest absolute Gasteiger partial charge is 0.296 e. The Morgan fingerprint density at radius 2 is 2.27 bits per heavy atom. The number of rotatable bonds is 2. The smallest absolute Gasteiger partial charge is 0.178 e. The summed E-state index contributed by atoms with van der Waals surface area (Å²) in [6.45, 7) is 1.45. The first-order valence-corrected chi connectivity index (χ1v) is 4.47. The number of benzene rings is 1. The Kier molecular flexibility index (Phi) is 2.33. The van der Waals surface area contributed by atoms with Crippen molar-refractivity contribution in [1.82, 2.24) is 9.55 Å². The van der Waals surface area contributed by atoms with Gasteiger partial charge in [-0.15, -0.1) is 0 Å². The van der Waals surface area contributed by atoms with Crippen LogP contribution >= 0.6 is 0 Å². The molecule has 0 saturated heterocycles. The maximum atomic E-state index is 13.0. The summed E-state index contributed by atoms with van der Waals surface area (Å²) in [5.74, 6) is -0.438. The number of carbonyl (C=O) groups excluding carboxylic acids is 1. The van der Waals surface area contributed by atoms with Crippen LogP contribution in [0.1, 0.15) is 17.4 Å². The molecule has 0 aliphatic rings. The highest BCUT2D eigenvalue weighted by Gasteiger charge is 2.08. The second kappa shape index (κ2) is 3.65. The predicted molar refractivity (Wildman–Crippen MR) is 53.5 cm³/mol. The van der Waals surface area contributed by atoms with Crippen LogP contribution in [0.5, 0.6) is 0 Å². The molecule has 1 heterocycles. The highest BCUT2D eigenvalue weighted by molar-refractivity contribution is 5.92. The van der Waals surface area contributed by atoms with E-state index in [1.807, 2.05) is 0 Å². The maximum Gasteiger partial charge on any atom is 0.178 e. The lowest BCUT2D eigenvalue weighted by molar-refractivity contribution is 0.101. The first-order valence-electron chi connectivity index (χ1n) is 4.47. The lowest BCUT2D eigenvalue weighted by Gasteiger charge is -2.05. The predicted octanol–water partition coefficient (Wildman–Crippen LogP) is 2.21. The fourth-order valence-electron chi connectivity index (χ4n) is 1.39. The van der Waals surface area contributed by atoms with Gasteiger partial charge in [0, 0.05) is 6.92 Å². The molecule has 0 radical (unpaired) electrons. The van der Waals surface area contributed by atoms with E-state index in [2.05, 4.69) is 4.98 Å². The molecular formula is C11H9FN2O. The van der Waals surface area contributed by atoms with Gasteiger partial charge in [0.2, 0.25) is 0 Å². The van der Waals surface area contributed by atoms with Gasteiger partial charge in [-0.25, -0.2) is 9.37 Å². The number of halogens is 1. The van der Waals surface area contributed by atoms with Crippen LogP contribution in [0.4, 0.5) is 4.39 Å². The summed E-state index contributed by atoms with van der Waals surface area (Å²) in [5.41, 5.74) is 1.04. The van der Waals surface area contributed by atoms with Crippen LogP contribution in [-0.4, -0.2) is 15.3 Å². The van der Waals surface area contributed by atoms with Gasteiger partial charge in [-0.3, -0.25) is 9.36 Å². The molecule has 2 rings (SSSR count). The molecule has 4 heteroatoms. The Morgan fingerprint density at radius 1 is 1.47 bits per heavy atom. The highest BCUT2D eigenvalue weighted by Crippen LogP contribution is 2.12. The van der Waals surface area contributed by atoms with Crippen molar-refractivity contribution in [2.45, 2.75) is 6.92 Å². The number of ketones is 1. The molecule has 0 bridgehead atoms. The number of carbonyl (C=O) groups is 1. The third-order valence-corrected chi connectivity index (χ3v) is 2.09. The standard InChI is InChI=1S/C11H9FN2O/c1-8(15)11-6-13-7-14(11)10-4-2-3-9(12)5-10/h2-7H,1H3. The van der Waals surface area contributed by atoms with Gasteiger partial charge in [0.25, 0.3) is 0 Å². The Bertz CT molecular complexity index is 505. The molecule has 0 amide bonds. The van der Waals surface area contributed by atoms with E-state index in [9.17, 15) is 9.18 Å². The average molecular weight is 204 g/mol. The van der Waals surface area contributed by atoms with Gasteiger partial charge in [-0.05, 0) is 18.2 Å². The van der Waals surface area contributed by atoms with Crippen molar-refractivity contribution in [3.63, 3.8) is 0 Å². The van der Waals surface area contributed by atoms with Gasteiger partial charge in [0.05, 0.1) is 18.2 Å². The second-order valence-electron chi connectivity index (χ2n) is 3.18. The SMILES string of the molecule is CC(=O)c1cncn1-c1cccc(F)c1. The monoisotopic (exact) mass is 204 g/mol. The topological polar surface area (TPSA) is 34.9 Å². The van der Waals surface area contributed by atoms with Crippen LogP contribution in [0.15, 0.2) is 36.8 Å². The zero-order valence-corrected chi connectivity index (χ0v) is 8.14. The molecule has 0 fully saturated rings. The zero-order chi connectivity index (χ0) is 10.8. The molecule has 0 saturated carbocycles. The Labute approximate surface area is 86.2 Å². The summed E-state index contributed by atoms with van der Waals surface area (Å²) >= 11 is 0. The van der Waals surface area contributed by atoms with Crippen molar-refractivity contribution in [2.75, 3.05) is 0 Å². The lowest BCUT2D eigenvalue weighted by Crippen LogP contribution is -2.03. The summed E-state index contributed by atoms with van der Waals surface area (Å²) in [6.07, 6.45) is 2.96. The first kappa shape index (κ1) is 9.58. The van der Waals surface area contributed by atoms with E-state index < -0.39 is 0 Å². The van der Waals surface area contributed by atoms with Gasteiger partial charge in [0.15, 0.2) is 5.78 Å². The summed E-state index contributed by atoms with van der Waals surface area (Å²) in [7, 11) is 0. The van der Waals surface area contributed by atoms with Crippen molar-refractivity contribution < 1.29 is 9.18 Å². The Morgan fingerprint density at radius 3 is 2.93 bits per heavy atom. The van der Waals surface area contributed by atoms with Crippen molar-refractivity contribution in [2.24, 2.45) is 0 Å². The first-order chi connectivity index (χ1) is 7.18. The Balaban J connectivity index is 2.54. The fraction of sp³-hybridized carbons (Fsp3) is 0.0909. The van der Waals surface area contributed by atoms with Crippen LogP contribution in [0, 0.1) is 5.82 Å². The highest BCUT2D eigenvalue weighted by atomic mass is 19.1. The van der Waals surface area contributed by atoms with Crippen molar-refractivity contribution in [3.05, 3.63) is 48.3 Å². The molecule has 76 valence electrons. The van der Waals surface area contributed by atoms with E-state index in [0.717, 1.165) is 0 Å². The van der Waals surface area contributed by atoms with E-state index in [0.29, 0.717) is 11.4 Å². The van der Waals surface area contributed by atoms with Crippen LogP contribution < -0.4 is 0 Å². The minimum atomic E-state index is -0.337. The molecule has 0 aliphatic heterocycles. The number of imidazole rings is 1. The zero-order valence-electron chi connectivity index (χ0n) is 8.14. The van der Waals surface area contributed by atoms with Crippen molar-refractivity contribution in [1.29, 1.82) is 0 Å². The number of nitrogens with zero attached hydrogens (tertiary/aromatic N) is 2. The molecule has 1 aromatic heterocycles. The van der Waals surface area contributed by atoms with E-state index in [1.165, 1.54) is 31.6 Å². The van der Waals surface area contributed by atoms with Crippen LogP contribution in [-0.2, 0) is 0 Å². The number of hydrogen-bond donors (Lipinski definition) is 0. The average Bonchev–Trinajstić information content (AvgIpc) is 2.65. The third-order valence-electron chi connectivity index (χ3n) is 2.09. The minimum Gasteiger partial charge on any atom is -0.296 e. The molecule has 1 aromatic carbocycles. The number of hydrogen-bond acceptors (Lipinski definition) is 2. The van der Waals surface area contributed by atoms with Gasteiger partial charge in [-0.2, -0.15) is 0 Å². The molecule has 0 unspecified atom stereocenters. The third kappa shape index (κ3) is 1.79. The van der Waals surface area contributed by atoms with E-state index >= 15 is 0 Å². The molecule has 0 spiro atoms. The molecule has 2 aromatic rings. The van der Waals surface area contributed by atoms with Crippen LogP contribution in [0.2, 0.25) is 0 Å². The second-order valence-corrected chi connectivity index (χ2v) is 3.18. The quantitative estimate of drug-likeness (QED) is 0.703. The van der Waals surface area contributed by atoms with Gasteiger partial charge in [-0.1, -0.05) is 6.07 Å². The lowest BCUT2D eigenvalue weighted by atomic mass is 10.2. The van der Waals surface area contributed by atoms with Crippen molar-refractivity contribution >= 4 is 5.78 Å². The summed E-state index contributed by atoms with van der Waals surface area (Å²) < 4.78 is 14.5. The van der Waals surface area contributed by atoms with E-state index in [1.54, 1.807) is 16.7 Å². The van der Waals surface area contributed by atoms with Gasteiger partial charge < -0.3 is 0 Å². The summed E-state index contributed by atoms with van der Waals surface area (Å²) in [4.78, 5) is 15.1. The van der Waals surface area contributed by atoms with Gasteiger partial charge in [0.1, 0.15) is 11.5 Å². The van der Waals surface area contributed by atoms with Crippen LogP contribution in [0.25, 0.3) is 5.69 Å². The fourth-order valence-corrected chi connectivity index (χ4v) is 1.39. The molecule has 0 atom stereocenters. The molecular weight excluding hydrogens is 195 g/mol. The van der Waals surface area contributed by atoms with E-state index in [-0.39, 0.29) is 11.6 Å². The summed E-state index contributed by atoms with van der Waals surface area (Å²) in [6, 6.07) is 6.02.